The summed E-state index contributed by atoms with van der Waals surface area (Å²) in [5.41, 5.74) is 3.36. The van der Waals surface area contributed by atoms with Gasteiger partial charge in [0.1, 0.15) is 5.69 Å². The lowest BCUT2D eigenvalue weighted by Crippen LogP contribution is -2.36. The molecule has 0 atom stereocenters. The molecule has 5 rings (SSSR count). The lowest BCUT2D eigenvalue weighted by atomic mass is 9.93. The minimum atomic E-state index is -4.25. The monoisotopic (exact) mass is 490 g/mol. The number of halogens is 3. The molecule has 0 bridgehead atoms. The molecule has 35 heavy (non-hydrogen) atoms. The van der Waals surface area contributed by atoms with Gasteiger partial charge in [0.25, 0.3) is 0 Å². The summed E-state index contributed by atoms with van der Waals surface area (Å²) in [6.07, 6.45) is -1.02. The Kier molecular flexibility index (Phi) is 6.79. The van der Waals surface area contributed by atoms with Gasteiger partial charge in [-0.05, 0) is 37.8 Å². The van der Waals surface area contributed by atoms with Gasteiger partial charge < -0.3 is 20.1 Å². The van der Waals surface area contributed by atoms with Gasteiger partial charge in [0.05, 0.1) is 37.2 Å². The van der Waals surface area contributed by atoms with Crippen molar-refractivity contribution in [2.45, 2.75) is 50.4 Å². The molecular formula is C24H29F3N6O2. The molecule has 3 heterocycles. The highest BCUT2D eigenvalue weighted by Crippen LogP contribution is 2.35. The molecule has 2 fully saturated rings. The first kappa shape index (κ1) is 23.8. The number of benzene rings is 1. The fraction of sp³-hybridized carbons (Fsp3) is 0.542. The maximum absolute atomic E-state index is 12.6. The van der Waals surface area contributed by atoms with Gasteiger partial charge in [0.15, 0.2) is 5.65 Å². The zero-order valence-electron chi connectivity index (χ0n) is 19.3. The Labute approximate surface area is 201 Å². The van der Waals surface area contributed by atoms with Gasteiger partial charge >= 0.3 is 6.18 Å². The van der Waals surface area contributed by atoms with E-state index >= 15 is 0 Å². The third-order valence-corrected chi connectivity index (χ3v) is 6.67. The summed E-state index contributed by atoms with van der Waals surface area (Å²) >= 11 is 0. The van der Waals surface area contributed by atoms with Crippen LogP contribution in [0.4, 0.5) is 24.8 Å². The second-order valence-corrected chi connectivity index (χ2v) is 9.12. The SMILES string of the molecule is O[C@H]1CC[C@@H](n2nc(-c3ccc(N4CCOCC4)cc3)c3cnc(NCCC(F)(F)F)nc32)CC1. The summed E-state index contributed by atoms with van der Waals surface area (Å²) in [7, 11) is 0. The minimum absolute atomic E-state index is 0.0557. The number of ether oxygens (including phenoxy) is 1. The van der Waals surface area contributed by atoms with Gasteiger partial charge in [0.2, 0.25) is 5.95 Å². The average molecular weight is 491 g/mol. The first-order chi connectivity index (χ1) is 16.9. The predicted molar refractivity (Wildman–Crippen MR) is 126 cm³/mol. The minimum Gasteiger partial charge on any atom is -0.393 e. The zero-order chi connectivity index (χ0) is 24.4. The molecule has 1 aromatic carbocycles. The van der Waals surface area contributed by atoms with Crippen LogP contribution in [0.1, 0.15) is 38.1 Å². The van der Waals surface area contributed by atoms with E-state index in [9.17, 15) is 18.3 Å². The van der Waals surface area contributed by atoms with Gasteiger partial charge in [-0.25, -0.2) is 9.67 Å². The van der Waals surface area contributed by atoms with Crippen LogP contribution in [0.25, 0.3) is 22.3 Å². The van der Waals surface area contributed by atoms with Crippen LogP contribution in [0.5, 0.6) is 0 Å². The first-order valence-corrected chi connectivity index (χ1v) is 12.0. The smallest absolute Gasteiger partial charge is 0.390 e. The van der Waals surface area contributed by atoms with E-state index < -0.39 is 12.6 Å². The quantitative estimate of drug-likeness (QED) is 0.536. The molecule has 11 heteroatoms. The van der Waals surface area contributed by atoms with Gasteiger partial charge in [0, 0.05) is 37.1 Å². The Morgan fingerprint density at radius 3 is 2.46 bits per heavy atom. The van der Waals surface area contributed by atoms with Crippen LogP contribution in [0.2, 0.25) is 0 Å². The summed E-state index contributed by atoms with van der Waals surface area (Å²) in [6.45, 7) is 2.83. The number of fused-ring (bicyclic) bond motifs is 1. The number of aliphatic hydroxyl groups excluding tert-OH is 1. The summed E-state index contributed by atoms with van der Waals surface area (Å²) < 4.78 is 45.0. The van der Waals surface area contributed by atoms with Crippen molar-refractivity contribution in [2.75, 3.05) is 43.1 Å². The molecule has 1 saturated heterocycles. The highest BCUT2D eigenvalue weighted by Gasteiger charge is 2.27. The molecule has 1 aliphatic heterocycles. The third-order valence-electron chi connectivity index (χ3n) is 6.67. The van der Waals surface area contributed by atoms with E-state index in [4.69, 9.17) is 9.84 Å². The molecule has 0 amide bonds. The van der Waals surface area contributed by atoms with Crippen molar-refractivity contribution in [3.63, 3.8) is 0 Å². The van der Waals surface area contributed by atoms with Gasteiger partial charge in [-0.1, -0.05) is 12.1 Å². The van der Waals surface area contributed by atoms with E-state index in [1.807, 2.05) is 16.8 Å². The molecule has 2 aromatic heterocycles. The van der Waals surface area contributed by atoms with E-state index in [1.54, 1.807) is 6.20 Å². The Morgan fingerprint density at radius 1 is 1.06 bits per heavy atom. The van der Waals surface area contributed by atoms with Crippen LogP contribution >= 0.6 is 0 Å². The standard InChI is InChI=1S/C24H29F3N6O2/c25-24(26,27)9-10-28-23-29-15-20-21(16-1-3-17(4-2-16)32-11-13-35-14-12-32)31-33(22(20)30-23)18-5-7-19(34)8-6-18/h1-4,15,18-19,34H,5-14H2,(H,28,29,30)/t18-,19+. The average Bonchev–Trinajstić information content (AvgIpc) is 3.23. The fourth-order valence-corrected chi connectivity index (χ4v) is 4.75. The van der Waals surface area contributed by atoms with Crippen LogP contribution in [0, 0.1) is 0 Å². The number of anilines is 2. The number of alkyl halides is 3. The van der Waals surface area contributed by atoms with Crippen molar-refractivity contribution in [2.24, 2.45) is 0 Å². The summed E-state index contributed by atoms with van der Waals surface area (Å²) in [5.74, 6) is 0.146. The van der Waals surface area contributed by atoms with Crippen molar-refractivity contribution >= 4 is 22.7 Å². The molecule has 0 unspecified atom stereocenters. The van der Waals surface area contributed by atoms with Crippen LogP contribution < -0.4 is 10.2 Å². The predicted octanol–water partition coefficient (Wildman–Crippen LogP) is 4.17. The van der Waals surface area contributed by atoms with Crippen molar-refractivity contribution in [3.8, 4) is 11.3 Å². The Balaban J connectivity index is 1.46. The number of hydrogen-bond donors (Lipinski definition) is 2. The van der Waals surface area contributed by atoms with E-state index in [2.05, 4.69) is 32.3 Å². The lowest BCUT2D eigenvalue weighted by Gasteiger charge is -2.28. The second-order valence-electron chi connectivity index (χ2n) is 9.12. The van der Waals surface area contributed by atoms with Crippen molar-refractivity contribution in [1.82, 2.24) is 19.7 Å². The van der Waals surface area contributed by atoms with Gasteiger partial charge in [-0.3, -0.25) is 0 Å². The molecular weight excluding hydrogens is 461 g/mol. The number of morpholine rings is 1. The number of rotatable bonds is 6. The molecule has 2 aliphatic rings. The molecule has 1 saturated carbocycles. The maximum atomic E-state index is 12.6. The van der Waals surface area contributed by atoms with Crippen LogP contribution in [0.3, 0.4) is 0 Å². The number of nitrogens with zero attached hydrogens (tertiary/aromatic N) is 5. The van der Waals surface area contributed by atoms with E-state index in [-0.39, 0.29) is 24.6 Å². The highest BCUT2D eigenvalue weighted by atomic mass is 19.4. The molecule has 2 N–H and O–H groups in total. The normalized spacial score (nSPS) is 21.4. The van der Waals surface area contributed by atoms with Crippen LogP contribution in [-0.2, 0) is 4.74 Å². The van der Waals surface area contributed by atoms with E-state index in [0.29, 0.717) is 31.7 Å². The summed E-state index contributed by atoms with van der Waals surface area (Å²) in [4.78, 5) is 11.1. The van der Waals surface area contributed by atoms with Crippen molar-refractivity contribution in [1.29, 1.82) is 0 Å². The third kappa shape index (κ3) is 5.51. The number of aliphatic hydroxyl groups is 1. The lowest BCUT2D eigenvalue weighted by molar-refractivity contribution is -0.131. The number of aromatic nitrogens is 4. The Hall–Kier alpha value is -2.92. The van der Waals surface area contributed by atoms with Gasteiger partial charge in [-0.15, -0.1) is 0 Å². The first-order valence-electron chi connectivity index (χ1n) is 12.0. The second kappa shape index (κ2) is 9.98. The number of nitrogens with one attached hydrogen (secondary N) is 1. The molecule has 0 radical (unpaired) electrons. The topological polar surface area (TPSA) is 88.3 Å². The number of hydrogen-bond acceptors (Lipinski definition) is 7. The van der Waals surface area contributed by atoms with Crippen LogP contribution in [0.15, 0.2) is 30.5 Å². The molecule has 1 aliphatic carbocycles. The largest absolute Gasteiger partial charge is 0.393 e. The summed E-state index contributed by atoms with van der Waals surface area (Å²) in [5, 5.41) is 18.3. The Morgan fingerprint density at radius 2 is 1.77 bits per heavy atom. The Bertz CT molecular complexity index is 1140. The molecule has 0 spiro atoms. The zero-order valence-corrected chi connectivity index (χ0v) is 19.3. The highest BCUT2D eigenvalue weighted by molar-refractivity contribution is 5.91. The van der Waals surface area contributed by atoms with E-state index in [0.717, 1.165) is 48.3 Å². The molecule has 8 nitrogen and oxygen atoms in total. The van der Waals surface area contributed by atoms with Crippen molar-refractivity contribution < 1.29 is 23.0 Å². The molecule has 3 aromatic rings. The van der Waals surface area contributed by atoms with Crippen molar-refractivity contribution in [3.05, 3.63) is 30.5 Å². The van der Waals surface area contributed by atoms with Gasteiger partial charge in [-0.2, -0.15) is 23.3 Å². The van der Waals surface area contributed by atoms with E-state index in [1.165, 1.54) is 0 Å². The maximum Gasteiger partial charge on any atom is 0.390 e. The molecule has 188 valence electrons. The van der Waals surface area contributed by atoms with Crippen LogP contribution in [-0.4, -0.2) is 70.0 Å². The fourth-order valence-electron chi connectivity index (χ4n) is 4.75. The summed E-state index contributed by atoms with van der Waals surface area (Å²) in [6, 6.07) is 8.24.